The molecule has 0 radical (unpaired) electrons. The van der Waals surface area contributed by atoms with Crippen LogP contribution >= 0.6 is 0 Å². The molecular weight excluding hydrogens is 224 g/mol. The molecule has 0 spiro atoms. The highest BCUT2D eigenvalue weighted by atomic mass is 16.5. The van der Waals surface area contributed by atoms with Crippen LogP contribution in [0.2, 0.25) is 0 Å². The average molecular weight is 242 g/mol. The third kappa shape index (κ3) is 2.62. The van der Waals surface area contributed by atoms with Crippen molar-refractivity contribution < 1.29 is 4.74 Å². The molecule has 2 N–H and O–H groups in total. The highest BCUT2D eigenvalue weighted by molar-refractivity contribution is 5.55. The van der Waals surface area contributed by atoms with Gasteiger partial charge in [0.2, 0.25) is 5.88 Å². The maximum absolute atomic E-state index is 5.94. The predicted octanol–water partition coefficient (Wildman–Crippen LogP) is 3.89. The Balaban J connectivity index is 2.28. The number of nitrogen functional groups attached to an aromatic ring is 1. The fraction of sp³-hybridized carbons (Fsp3) is 0.267. The van der Waals surface area contributed by atoms with Crippen molar-refractivity contribution >= 4 is 5.69 Å². The van der Waals surface area contributed by atoms with Gasteiger partial charge in [0, 0.05) is 6.20 Å². The number of nitrogens with zero attached hydrogens (tertiary/aromatic N) is 1. The molecule has 0 saturated carbocycles. The summed E-state index contributed by atoms with van der Waals surface area (Å²) in [5.74, 6) is 1.71. The molecule has 0 aliphatic heterocycles. The first-order valence-electron chi connectivity index (χ1n) is 6.07. The Morgan fingerprint density at radius 2 is 2.00 bits per heavy atom. The molecule has 0 aliphatic carbocycles. The third-order valence-corrected chi connectivity index (χ3v) is 2.91. The number of nitrogens with two attached hydrogens (primary N) is 1. The summed E-state index contributed by atoms with van der Waals surface area (Å²) in [5.41, 5.74) is 8.74. The van der Waals surface area contributed by atoms with E-state index in [0.717, 1.165) is 11.3 Å². The number of hydrogen-bond donors (Lipinski definition) is 1. The molecular formula is C15H18N2O. The van der Waals surface area contributed by atoms with E-state index in [1.54, 1.807) is 6.20 Å². The lowest BCUT2D eigenvalue weighted by Crippen LogP contribution is -1.97. The van der Waals surface area contributed by atoms with Crippen molar-refractivity contribution in [2.45, 2.75) is 26.7 Å². The maximum Gasteiger partial charge on any atom is 0.242 e. The second-order valence-corrected chi connectivity index (χ2v) is 4.68. The monoisotopic (exact) mass is 242 g/mol. The van der Waals surface area contributed by atoms with E-state index in [2.05, 4.69) is 24.9 Å². The smallest absolute Gasteiger partial charge is 0.242 e. The van der Waals surface area contributed by atoms with Crippen LogP contribution in [0.15, 0.2) is 36.5 Å². The third-order valence-electron chi connectivity index (χ3n) is 2.91. The average Bonchev–Trinajstić information content (AvgIpc) is 2.35. The number of benzene rings is 1. The zero-order chi connectivity index (χ0) is 13.1. The lowest BCUT2D eigenvalue weighted by Gasteiger charge is -2.11. The number of pyridine rings is 1. The van der Waals surface area contributed by atoms with Gasteiger partial charge in [-0.1, -0.05) is 26.0 Å². The summed E-state index contributed by atoms with van der Waals surface area (Å²) in [5, 5.41) is 0. The summed E-state index contributed by atoms with van der Waals surface area (Å²) in [6.45, 7) is 6.24. The fourth-order valence-electron chi connectivity index (χ4n) is 1.67. The van der Waals surface area contributed by atoms with Gasteiger partial charge >= 0.3 is 0 Å². The van der Waals surface area contributed by atoms with E-state index < -0.39 is 0 Å². The van der Waals surface area contributed by atoms with Crippen LogP contribution in [0, 0.1) is 6.92 Å². The van der Waals surface area contributed by atoms with Crippen molar-refractivity contribution in [2.24, 2.45) is 0 Å². The maximum atomic E-state index is 5.94. The van der Waals surface area contributed by atoms with Crippen LogP contribution in [0.1, 0.15) is 30.9 Å². The number of ether oxygens (including phenoxy) is 1. The summed E-state index contributed by atoms with van der Waals surface area (Å²) >= 11 is 0. The fourth-order valence-corrected chi connectivity index (χ4v) is 1.67. The number of hydrogen-bond acceptors (Lipinski definition) is 3. The molecule has 1 aromatic heterocycles. The van der Waals surface area contributed by atoms with E-state index >= 15 is 0 Å². The van der Waals surface area contributed by atoms with Crippen LogP contribution in [0.25, 0.3) is 0 Å². The zero-order valence-corrected chi connectivity index (χ0v) is 11.0. The number of aryl methyl sites for hydroxylation is 1. The summed E-state index contributed by atoms with van der Waals surface area (Å²) in [4.78, 5) is 4.16. The highest BCUT2D eigenvalue weighted by Crippen LogP contribution is 2.28. The first-order chi connectivity index (χ1) is 8.58. The van der Waals surface area contributed by atoms with Gasteiger partial charge in [0.15, 0.2) is 0 Å². The predicted molar refractivity (Wildman–Crippen MR) is 74.0 cm³/mol. The molecule has 18 heavy (non-hydrogen) atoms. The van der Waals surface area contributed by atoms with Gasteiger partial charge in [-0.05, 0) is 42.2 Å². The molecule has 0 fully saturated rings. The summed E-state index contributed by atoms with van der Waals surface area (Å²) in [7, 11) is 0. The first-order valence-corrected chi connectivity index (χ1v) is 6.07. The highest BCUT2D eigenvalue weighted by Gasteiger charge is 2.07. The Labute approximate surface area is 108 Å². The van der Waals surface area contributed by atoms with Gasteiger partial charge in [-0.15, -0.1) is 0 Å². The van der Waals surface area contributed by atoms with Crippen molar-refractivity contribution in [3.63, 3.8) is 0 Å². The molecule has 0 saturated heterocycles. The minimum atomic E-state index is 0.468. The van der Waals surface area contributed by atoms with E-state index in [0.29, 0.717) is 17.5 Å². The Kier molecular flexibility index (Phi) is 3.51. The molecule has 0 amide bonds. The Hall–Kier alpha value is -2.03. The van der Waals surface area contributed by atoms with Crippen molar-refractivity contribution in [3.05, 3.63) is 47.7 Å². The van der Waals surface area contributed by atoms with Crippen LogP contribution in [0.3, 0.4) is 0 Å². The standard InChI is InChI=1S/C15H18N2O/c1-10(2)12-5-4-6-13(9-12)18-15-14(16)11(3)7-8-17-15/h4-10H,16H2,1-3H3. The SMILES string of the molecule is Cc1ccnc(Oc2cccc(C(C)C)c2)c1N. The number of rotatable bonds is 3. The van der Waals surface area contributed by atoms with Crippen molar-refractivity contribution in [2.75, 3.05) is 5.73 Å². The van der Waals surface area contributed by atoms with Crippen LogP contribution in [-0.2, 0) is 0 Å². The molecule has 3 nitrogen and oxygen atoms in total. The zero-order valence-electron chi connectivity index (χ0n) is 11.0. The van der Waals surface area contributed by atoms with E-state index in [1.165, 1.54) is 5.56 Å². The summed E-state index contributed by atoms with van der Waals surface area (Å²) in [6.07, 6.45) is 1.70. The molecule has 0 unspecified atom stereocenters. The molecule has 3 heteroatoms. The first kappa shape index (κ1) is 12.4. The van der Waals surface area contributed by atoms with Crippen molar-refractivity contribution in [3.8, 4) is 11.6 Å². The van der Waals surface area contributed by atoms with Gasteiger partial charge in [-0.2, -0.15) is 0 Å². The minimum absolute atomic E-state index is 0.468. The normalized spacial score (nSPS) is 10.7. The van der Waals surface area contributed by atoms with Crippen LogP contribution in [0.4, 0.5) is 5.69 Å². The van der Waals surface area contributed by atoms with Gasteiger partial charge in [0.05, 0.1) is 5.69 Å². The van der Waals surface area contributed by atoms with Crippen LogP contribution in [0.5, 0.6) is 11.6 Å². The van der Waals surface area contributed by atoms with E-state index in [1.807, 2.05) is 31.2 Å². The lowest BCUT2D eigenvalue weighted by molar-refractivity contribution is 0.464. The van der Waals surface area contributed by atoms with Gasteiger partial charge in [0.25, 0.3) is 0 Å². The molecule has 1 heterocycles. The lowest BCUT2D eigenvalue weighted by atomic mass is 10.0. The second-order valence-electron chi connectivity index (χ2n) is 4.68. The van der Waals surface area contributed by atoms with Crippen molar-refractivity contribution in [1.29, 1.82) is 0 Å². The minimum Gasteiger partial charge on any atom is -0.437 e. The Bertz CT molecular complexity index is 550. The Morgan fingerprint density at radius 3 is 2.72 bits per heavy atom. The number of aromatic nitrogens is 1. The van der Waals surface area contributed by atoms with Crippen molar-refractivity contribution in [1.82, 2.24) is 4.98 Å². The van der Waals surface area contributed by atoms with Gasteiger partial charge in [-0.25, -0.2) is 4.98 Å². The summed E-state index contributed by atoms with van der Waals surface area (Å²) < 4.78 is 5.74. The van der Waals surface area contributed by atoms with E-state index in [4.69, 9.17) is 10.5 Å². The Morgan fingerprint density at radius 1 is 1.22 bits per heavy atom. The van der Waals surface area contributed by atoms with Gasteiger partial charge < -0.3 is 10.5 Å². The van der Waals surface area contributed by atoms with Gasteiger partial charge in [0.1, 0.15) is 5.75 Å². The molecule has 0 bridgehead atoms. The van der Waals surface area contributed by atoms with Crippen LogP contribution in [-0.4, -0.2) is 4.98 Å². The number of anilines is 1. The second kappa shape index (κ2) is 5.08. The van der Waals surface area contributed by atoms with Gasteiger partial charge in [-0.3, -0.25) is 0 Å². The quantitative estimate of drug-likeness (QED) is 0.888. The summed E-state index contributed by atoms with van der Waals surface area (Å²) in [6, 6.07) is 9.87. The molecule has 1 aromatic carbocycles. The molecule has 94 valence electrons. The van der Waals surface area contributed by atoms with E-state index in [-0.39, 0.29) is 0 Å². The van der Waals surface area contributed by atoms with E-state index in [9.17, 15) is 0 Å². The molecule has 0 atom stereocenters. The van der Waals surface area contributed by atoms with Crippen LogP contribution < -0.4 is 10.5 Å². The topological polar surface area (TPSA) is 48.1 Å². The molecule has 2 aromatic rings. The largest absolute Gasteiger partial charge is 0.437 e. The molecule has 0 aliphatic rings. The molecule has 2 rings (SSSR count).